The molecule has 3 nitrogen and oxygen atoms in total. The van der Waals surface area contributed by atoms with Crippen molar-refractivity contribution in [1.82, 2.24) is 10.2 Å². The molecule has 2 aliphatic rings. The molecule has 2 fully saturated rings. The van der Waals surface area contributed by atoms with Crippen molar-refractivity contribution in [3.63, 3.8) is 0 Å². The van der Waals surface area contributed by atoms with Gasteiger partial charge in [0.05, 0.1) is 6.10 Å². The highest BCUT2D eigenvalue weighted by atomic mass is 16.5. The van der Waals surface area contributed by atoms with Crippen LogP contribution < -0.4 is 5.32 Å². The molecule has 2 rings (SSSR count). The fourth-order valence-electron chi connectivity index (χ4n) is 3.04. The molecule has 16 heavy (non-hydrogen) atoms. The molecule has 0 amide bonds. The van der Waals surface area contributed by atoms with E-state index < -0.39 is 0 Å². The number of nitrogens with zero attached hydrogens (tertiary/aromatic N) is 1. The first-order valence-electron chi connectivity index (χ1n) is 6.88. The van der Waals surface area contributed by atoms with E-state index in [-0.39, 0.29) is 0 Å². The third-order valence-corrected chi connectivity index (χ3v) is 4.00. The van der Waals surface area contributed by atoms with E-state index in [1.807, 2.05) is 0 Å². The van der Waals surface area contributed by atoms with Gasteiger partial charge >= 0.3 is 0 Å². The molecule has 3 atom stereocenters. The summed E-state index contributed by atoms with van der Waals surface area (Å²) < 4.78 is 5.63. The lowest BCUT2D eigenvalue weighted by Crippen LogP contribution is -2.46. The molecule has 2 heterocycles. The zero-order chi connectivity index (χ0) is 11.4. The van der Waals surface area contributed by atoms with Crippen molar-refractivity contribution in [1.29, 1.82) is 0 Å². The average molecular weight is 226 g/mol. The van der Waals surface area contributed by atoms with E-state index in [4.69, 9.17) is 4.74 Å². The van der Waals surface area contributed by atoms with E-state index in [1.165, 1.54) is 45.3 Å². The molecule has 0 radical (unpaired) electrons. The second-order valence-electron chi connectivity index (χ2n) is 5.24. The van der Waals surface area contributed by atoms with Crippen molar-refractivity contribution in [2.45, 2.75) is 57.7 Å². The molecule has 3 heteroatoms. The second kappa shape index (κ2) is 5.99. The van der Waals surface area contributed by atoms with Gasteiger partial charge in [-0.05, 0) is 45.7 Å². The number of hydrogen-bond acceptors (Lipinski definition) is 3. The van der Waals surface area contributed by atoms with Crippen LogP contribution in [-0.4, -0.2) is 49.3 Å². The zero-order valence-electron chi connectivity index (χ0n) is 10.7. The Morgan fingerprint density at radius 3 is 2.88 bits per heavy atom. The SMILES string of the molecule is CCN(CC1CCCN1)C1CCOC(C)C1. The van der Waals surface area contributed by atoms with E-state index >= 15 is 0 Å². The fraction of sp³-hybridized carbons (Fsp3) is 1.00. The molecule has 1 N–H and O–H groups in total. The van der Waals surface area contributed by atoms with Crippen LogP contribution in [0.15, 0.2) is 0 Å². The number of nitrogens with one attached hydrogen (secondary N) is 1. The third-order valence-electron chi connectivity index (χ3n) is 4.00. The Morgan fingerprint density at radius 2 is 2.25 bits per heavy atom. The van der Waals surface area contributed by atoms with E-state index in [2.05, 4.69) is 24.1 Å². The number of rotatable bonds is 4. The van der Waals surface area contributed by atoms with Gasteiger partial charge in [-0.3, -0.25) is 4.90 Å². The quantitative estimate of drug-likeness (QED) is 0.788. The Balaban J connectivity index is 1.82. The summed E-state index contributed by atoms with van der Waals surface area (Å²) >= 11 is 0. The van der Waals surface area contributed by atoms with Gasteiger partial charge in [0.2, 0.25) is 0 Å². The highest BCUT2D eigenvalue weighted by Gasteiger charge is 2.26. The summed E-state index contributed by atoms with van der Waals surface area (Å²) in [5, 5.41) is 3.60. The van der Waals surface area contributed by atoms with Crippen LogP contribution >= 0.6 is 0 Å². The van der Waals surface area contributed by atoms with Crippen LogP contribution in [0.3, 0.4) is 0 Å². The molecule has 94 valence electrons. The van der Waals surface area contributed by atoms with Crippen molar-refractivity contribution in [3.8, 4) is 0 Å². The predicted molar refractivity (Wildman–Crippen MR) is 66.7 cm³/mol. The molecular formula is C13H26N2O. The van der Waals surface area contributed by atoms with Gasteiger partial charge in [0, 0.05) is 25.2 Å². The molecule has 2 aliphatic heterocycles. The van der Waals surface area contributed by atoms with Gasteiger partial charge in [-0.1, -0.05) is 6.92 Å². The van der Waals surface area contributed by atoms with Crippen LogP contribution in [0.1, 0.15) is 39.5 Å². The molecule has 2 saturated heterocycles. The van der Waals surface area contributed by atoms with Crippen LogP contribution in [0, 0.1) is 0 Å². The molecule has 3 unspecified atom stereocenters. The van der Waals surface area contributed by atoms with Gasteiger partial charge < -0.3 is 10.1 Å². The monoisotopic (exact) mass is 226 g/mol. The van der Waals surface area contributed by atoms with Crippen molar-refractivity contribution in [2.75, 3.05) is 26.2 Å². The first kappa shape index (κ1) is 12.3. The number of likely N-dealkylation sites (N-methyl/N-ethyl adjacent to an activating group) is 1. The summed E-state index contributed by atoms with van der Waals surface area (Å²) in [6.07, 6.45) is 5.58. The topological polar surface area (TPSA) is 24.5 Å². The molecule has 0 aromatic heterocycles. The highest BCUT2D eigenvalue weighted by Crippen LogP contribution is 2.20. The molecule has 0 aromatic rings. The Morgan fingerprint density at radius 1 is 1.38 bits per heavy atom. The van der Waals surface area contributed by atoms with Crippen LogP contribution in [-0.2, 0) is 4.74 Å². The average Bonchev–Trinajstić information content (AvgIpc) is 2.78. The van der Waals surface area contributed by atoms with Gasteiger partial charge in [-0.15, -0.1) is 0 Å². The maximum Gasteiger partial charge on any atom is 0.0561 e. The van der Waals surface area contributed by atoms with Crippen LogP contribution in [0.5, 0.6) is 0 Å². The lowest BCUT2D eigenvalue weighted by atomic mass is 10.0. The van der Waals surface area contributed by atoms with Crippen molar-refractivity contribution in [2.24, 2.45) is 0 Å². The van der Waals surface area contributed by atoms with Gasteiger partial charge in [0.15, 0.2) is 0 Å². The Labute approximate surface area is 99.5 Å². The predicted octanol–water partition coefficient (Wildman–Crippen LogP) is 1.63. The summed E-state index contributed by atoms with van der Waals surface area (Å²) in [6.45, 7) is 9.05. The minimum absolute atomic E-state index is 0.448. The van der Waals surface area contributed by atoms with Gasteiger partial charge in [-0.25, -0.2) is 0 Å². The summed E-state index contributed by atoms with van der Waals surface area (Å²) in [5.74, 6) is 0. The van der Waals surface area contributed by atoms with Gasteiger partial charge in [-0.2, -0.15) is 0 Å². The smallest absolute Gasteiger partial charge is 0.0561 e. The summed E-state index contributed by atoms with van der Waals surface area (Å²) in [6, 6.07) is 1.48. The first-order valence-corrected chi connectivity index (χ1v) is 6.88. The molecule has 0 aliphatic carbocycles. The van der Waals surface area contributed by atoms with Crippen LogP contribution in [0.4, 0.5) is 0 Å². The summed E-state index contributed by atoms with van der Waals surface area (Å²) in [4.78, 5) is 2.65. The Hall–Kier alpha value is -0.120. The highest BCUT2D eigenvalue weighted by molar-refractivity contribution is 4.83. The lowest BCUT2D eigenvalue weighted by molar-refractivity contribution is -0.0177. The molecule has 0 aromatic carbocycles. The Bertz CT molecular complexity index is 204. The zero-order valence-corrected chi connectivity index (χ0v) is 10.7. The molecule has 0 saturated carbocycles. The largest absolute Gasteiger partial charge is 0.378 e. The minimum Gasteiger partial charge on any atom is -0.378 e. The number of ether oxygens (including phenoxy) is 1. The van der Waals surface area contributed by atoms with Crippen LogP contribution in [0.2, 0.25) is 0 Å². The third kappa shape index (κ3) is 3.19. The van der Waals surface area contributed by atoms with E-state index in [9.17, 15) is 0 Å². The molecule has 0 bridgehead atoms. The van der Waals surface area contributed by atoms with Gasteiger partial charge in [0.25, 0.3) is 0 Å². The van der Waals surface area contributed by atoms with Gasteiger partial charge in [0.1, 0.15) is 0 Å². The number of hydrogen-bond donors (Lipinski definition) is 1. The van der Waals surface area contributed by atoms with E-state index in [1.54, 1.807) is 0 Å². The van der Waals surface area contributed by atoms with E-state index in [0.29, 0.717) is 6.10 Å². The maximum atomic E-state index is 5.63. The molecular weight excluding hydrogens is 200 g/mol. The maximum absolute atomic E-state index is 5.63. The molecule has 0 spiro atoms. The Kier molecular flexibility index (Phi) is 4.62. The van der Waals surface area contributed by atoms with Crippen molar-refractivity contribution >= 4 is 0 Å². The van der Waals surface area contributed by atoms with Crippen LogP contribution in [0.25, 0.3) is 0 Å². The second-order valence-corrected chi connectivity index (χ2v) is 5.24. The fourth-order valence-corrected chi connectivity index (χ4v) is 3.04. The first-order chi connectivity index (χ1) is 7.79. The standard InChI is InChI=1S/C13H26N2O/c1-3-15(10-12-5-4-7-14-12)13-6-8-16-11(2)9-13/h11-14H,3-10H2,1-2H3. The summed E-state index contributed by atoms with van der Waals surface area (Å²) in [5.41, 5.74) is 0. The lowest BCUT2D eigenvalue weighted by Gasteiger charge is -2.37. The van der Waals surface area contributed by atoms with Crippen molar-refractivity contribution in [3.05, 3.63) is 0 Å². The van der Waals surface area contributed by atoms with E-state index in [0.717, 1.165) is 18.7 Å². The normalized spacial score (nSPS) is 35.8. The summed E-state index contributed by atoms with van der Waals surface area (Å²) in [7, 11) is 0. The van der Waals surface area contributed by atoms with Crippen molar-refractivity contribution < 1.29 is 4.74 Å². The minimum atomic E-state index is 0.448.